The van der Waals surface area contributed by atoms with Crippen LogP contribution in [0.2, 0.25) is 0 Å². The number of ether oxygens (including phenoxy) is 2. The molecule has 1 saturated carbocycles. The number of nitrogens with zero attached hydrogens (tertiary/aromatic N) is 2. The van der Waals surface area contributed by atoms with Crippen molar-refractivity contribution >= 4 is 22.0 Å². The number of hydrogen-bond acceptors (Lipinski definition) is 4. The number of rotatable bonds is 3. The van der Waals surface area contributed by atoms with Crippen LogP contribution in [0, 0.1) is 0 Å². The standard InChI is InChI=1S/C19H27BrN2O3/c1-18(2,3)25-17(23)21-7-8-22(19(13-21)5-6-19)12-14-9-15(20)11-16(10-14)24-4/h9-11H,5-8,12-13H2,1-4H3. The predicted octanol–water partition coefficient (Wildman–Crippen LogP) is 4.04. The van der Waals surface area contributed by atoms with Gasteiger partial charge < -0.3 is 14.4 Å². The van der Waals surface area contributed by atoms with Gasteiger partial charge in [-0.25, -0.2) is 4.79 Å². The highest BCUT2D eigenvalue weighted by molar-refractivity contribution is 9.10. The van der Waals surface area contributed by atoms with Crippen molar-refractivity contribution in [3.05, 3.63) is 28.2 Å². The van der Waals surface area contributed by atoms with Gasteiger partial charge in [-0.1, -0.05) is 15.9 Å². The summed E-state index contributed by atoms with van der Waals surface area (Å²) in [6.45, 7) is 8.94. The second-order valence-electron chi connectivity index (χ2n) is 8.05. The van der Waals surface area contributed by atoms with Crippen molar-refractivity contribution in [3.8, 4) is 5.75 Å². The van der Waals surface area contributed by atoms with E-state index in [-0.39, 0.29) is 11.6 Å². The highest BCUT2D eigenvalue weighted by Gasteiger charge is 2.52. The average Bonchev–Trinajstić information content (AvgIpc) is 3.27. The Bertz CT molecular complexity index is 653. The van der Waals surface area contributed by atoms with E-state index >= 15 is 0 Å². The van der Waals surface area contributed by atoms with Gasteiger partial charge in [0, 0.05) is 36.2 Å². The van der Waals surface area contributed by atoms with Gasteiger partial charge in [-0.3, -0.25) is 4.90 Å². The monoisotopic (exact) mass is 410 g/mol. The zero-order valence-electron chi connectivity index (χ0n) is 15.5. The van der Waals surface area contributed by atoms with E-state index in [1.807, 2.05) is 31.7 Å². The fourth-order valence-electron chi connectivity index (χ4n) is 3.41. The number of halogens is 1. The zero-order chi connectivity index (χ0) is 18.2. The topological polar surface area (TPSA) is 42.0 Å². The van der Waals surface area contributed by atoms with Crippen molar-refractivity contribution in [2.75, 3.05) is 26.7 Å². The second-order valence-corrected chi connectivity index (χ2v) is 8.96. The molecule has 1 heterocycles. The fourth-order valence-corrected chi connectivity index (χ4v) is 3.93. The largest absolute Gasteiger partial charge is 0.497 e. The molecule has 138 valence electrons. The van der Waals surface area contributed by atoms with Gasteiger partial charge in [0.05, 0.1) is 7.11 Å². The minimum atomic E-state index is -0.447. The van der Waals surface area contributed by atoms with E-state index in [0.717, 1.165) is 42.7 Å². The van der Waals surface area contributed by atoms with Gasteiger partial charge in [0.25, 0.3) is 0 Å². The van der Waals surface area contributed by atoms with Gasteiger partial charge in [-0.05, 0) is 57.4 Å². The zero-order valence-corrected chi connectivity index (χ0v) is 17.1. The number of piperazine rings is 1. The van der Waals surface area contributed by atoms with Gasteiger partial charge in [0.1, 0.15) is 11.4 Å². The first-order valence-corrected chi connectivity index (χ1v) is 9.57. The van der Waals surface area contributed by atoms with Crippen LogP contribution in [-0.4, -0.2) is 53.8 Å². The summed E-state index contributed by atoms with van der Waals surface area (Å²) < 4.78 is 11.9. The molecule has 1 spiro atoms. The van der Waals surface area contributed by atoms with E-state index in [1.54, 1.807) is 7.11 Å². The highest BCUT2D eigenvalue weighted by Crippen LogP contribution is 2.45. The SMILES string of the molecule is COc1cc(Br)cc(CN2CCN(C(=O)OC(C)(C)C)CC23CC3)c1. The molecule has 1 aliphatic carbocycles. The van der Waals surface area contributed by atoms with Gasteiger partial charge in [-0.2, -0.15) is 0 Å². The van der Waals surface area contributed by atoms with Crippen molar-refractivity contribution in [3.63, 3.8) is 0 Å². The molecule has 0 aromatic heterocycles. The van der Waals surface area contributed by atoms with Crippen LogP contribution >= 0.6 is 15.9 Å². The predicted molar refractivity (Wildman–Crippen MR) is 101 cm³/mol. The molecule has 2 fully saturated rings. The maximum absolute atomic E-state index is 12.4. The first-order valence-electron chi connectivity index (χ1n) is 8.77. The third-order valence-corrected chi connectivity index (χ3v) is 5.27. The van der Waals surface area contributed by atoms with Crippen LogP contribution in [-0.2, 0) is 11.3 Å². The lowest BCUT2D eigenvalue weighted by molar-refractivity contribution is -0.00239. The van der Waals surface area contributed by atoms with Gasteiger partial charge in [0.15, 0.2) is 0 Å². The Morgan fingerprint density at radius 3 is 2.56 bits per heavy atom. The molecule has 0 atom stereocenters. The number of hydrogen-bond donors (Lipinski definition) is 0. The normalized spacial score (nSPS) is 19.8. The second kappa shape index (κ2) is 6.80. The highest BCUT2D eigenvalue weighted by atomic mass is 79.9. The van der Waals surface area contributed by atoms with E-state index in [9.17, 15) is 4.79 Å². The van der Waals surface area contributed by atoms with E-state index in [4.69, 9.17) is 9.47 Å². The molecule has 1 aromatic carbocycles. The molecule has 1 amide bonds. The van der Waals surface area contributed by atoms with E-state index < -0.39 is 5.60 Å². The van der Waals surface area contributed by atoms with Crippen LogP contribution in [0.25, 0.3) is 0 Å². The molecule has 0 bridgehead atoms. The van der Waals surface area contributed by atoms with Crippen LogP contribution in [0.3, 0.4) is 0 Å². The summed E-state index contributed by atoms with van der Waals surface area (Å²) in [5, 5.41) is 0. The molecule has 2 aliphatic rings. The van der Waals surface area contributed by atoms with Crippen LogP contribution in [0.15, 0.2) is 22.7 Å². The lowest BCUT2D eigenvalue weighted by Gasteiger charge is -2.42. The van der Waals surface area contributed by atoms with E-state index in [0.29, 0.717) is 6.54 Å². The molecule has 1 aromatic rings. The molecule has 1 aliphatic heterocycles. The third kappa shape index (κ3) is 4.47. The van der Waals surface area contributed by atoms with Crippen molar-refractivity contribution in [2.24, 2.45) is 0 Å². The molecular weight excluding hydrogens is 384 g/mol. The number of carbonyl (C=O) groups is 1. The number of benzene rings is 1. The molecule has 3 rings (SSSR count). The molecule has 0 radical (unpaired) electrons. The van der Waals surface area contributed by atoms with Gasteiger partial charge in [0.2, 0.25) is 0 Å². The maximum Gasteiger partial charge on any atom is 0.410 e. The lowest BCUT2D eigenvalue weighted by atomic mass is 10.1. The maximum atomic E-state index is 12.4. The quantitative estimate of drug-likeness (QED) is 0.753. The molecule has 0 N–H and O–H groups in total. The molecule has 0 unspecified atom stereocenters. The van der Waals surface area contributed by atoms with Crippen LogP contribution in [0.5, 0.6) is 5.75 Å². The molecular formula is C19H27BrN2O3. The summed E-state index contributed by atoms with van der Waals surface area (Å²) in [7, 11) is 1.69. The number of methoxy groups -OCH3 is 1. The van der Waals surface area contributed by atoms with Gasteiger partial charge in [-0.15, -0.1) is 0 Å². The summed E-state index contributed by atoms with van der Waals surface area (Å²) in [6, 6.07) is 6.19. The minimum Gasteiger partial charge on any atom is -0.497 e. The smallest absolute Gasteiger partial charge is 0.410 e. The first kappa shape index (κ1) is 18.5. The van der Waals surface area contributed by atoms with Crippen LogP contribution in [0.4, 0.5) is 4.79 Å². The molecule has 6 heteroatoms. The Hall–Kier alpha value is -1.27. The summed E-state index contributed by atoms with van der Waals surface area (Å²) in [5.74, 6) is 0.863. The fraction of sp³-hybridized carbons (Fsp3) is 0.632. The van der Waals surface area contributed by atoms with Crippen molar-refractivity contribution in [1.29, 1.82) is 0 Å². The average molecular weight is 411 g/mol. The third-order valence-electron chi connectivity index (χ3n) is 4.81. The Balaban J connectivity index is 1.66. The molecule has 5 nitrogen and oxygen atoms in total. The summed E-state index contributed by atoms with van der Waals surface area (Å²) in [5.41, 5.74) is 0.894. The Morgan fingerprint density at radius 2 is 1.96 bits per heavy atom. The van der Waals surface area contributed by atoms with E-state index in [2.05, 4.69) is 33.0 Å². The summed E-state index contributed by atoms with van der Waals surface area (Å²) in [6.07, 6.45) is 2.08. The lowest BCUT2D eigenvalue weighted by Crippen LogP contribution is -2.56. The Morgan fingerprint density at radius 1 is 1.24 bits per heavy atom. The first-order chi connectivity index (χ1) is 11.7. The summed E-state index contributed by atoms with van der Waals surface area (Å²) >= 11 is 3.55. The number of carbonyl (C=O) groups excluding carboxylic acids is 1. The molecule has 1 saturated heterocycles. The van der Waals surface area contributed by atoms with Crippen molar-refractivity contribution in [1.82, 2.24) is 9.80 Å². The number of amides is 1. The minimum absolute atomic E-state index is 0.116. The Kier molecular flexibility index (Phi) is 5.04. The van der Waals surface area contributed by atoms with Gasteiger partial charge >= 0.3 is 6.09 Å². The molecule has 25 heavy (non-hydrogen) atoms. The van der Waals surface area contributed by atoms with Crippen molar-refractivity contribution < 1.29 is 14.3 Å². The summed E-state index contributed by atoms with van der Waals surface area (Å²) in [4.78, 5) is 16.8. The van der Waals surface area contributed by atoms with Crippen LogP contribution < -0.4 is 4.74 Å². The van der Waals surface area contributed by atoms with E-state index in [1.165, 1.54) is 5.56 Å². The Labute approximate surface area is 158 Å². The van der Waals surface area contributed by atoms with Crippen molar-refractivity contribution in [2.45, 2.75) is 51.3 Å². The van der Waals surface area contributed by atoms with Crippen LogP contribution in [0.1, 0.15) is 39.2 Å².